The van der Waals surface area contributed by atoms with Gasteiger partial charge in [-0.1, -0.05) is 18.2 Å². The highest BCUT2D eigenvalue weighted by atomic mass is 32.2. The lowest BCUT2D eigenvalue weighted by Gasteiger charge is -2.22. The Morgan fingerprint density at radius 3 is 2.82 bits per heavy atom. The van der Waals surface area contributed by atoms with Gasteiger partial charge in [0.15, 0.2) is 9.84 Å². The van der Waals surface area contributed by atoms with E-state index >= 15 is 0 Å². The molecule has 122 valence electrons. The summed E-state index contributed by atoms with van der Waals surface area (Å²) in [6.07, 6.45) is 4.67. The Bertz CT molecular complexity index is 632. The predicted molar refractivity (Wildman–Crippen MR) is 88.3 cm³/mol. The van der Waals surface area contributed by atoms with Gasteiger partial charge in [0.1, 0.15) is 0 Å². The molecule has 2 aliphatic rings. The van der Waals surface area contributed by atoms with E-state index in [1.807, 2.05) is 13.8 Å². The Hall–Kier alpha value is -1.43. The number of allylic oxidation sites excluding steroid dienone is 3. The lowest BCUT2D eigenvalue weighted by atomic mass is 9.85. The van der Waals surface area contributed by atoms with Gasteiger partial charge in [-0.2, -0.15) is 5.10 Å². The number of amides is 1. The largest absolute Gasteiger partial charge is 0.273 e. The quantitative estimate of drug-likeness (QED) is 0.636. The third-order valence-corrected chi connectivity index (χ3v) is 6.25. The van der Waals surface area contributed by atoms with Crippen molar-refractivity contribution in [1.82, 2.24) is 5.43 Å². The molecule has 1 saturated heterocycles. The number of carbonyl (C=O) groups excluding carboxylic acids is 1. The van der Waals surface area contributed by atoms with E-state index in [9.17, 15) is 13.2 Å². The molecule has 2 atom stereocenters. The Kier molecular flexibility index (Phi) is 5.21. The van der Waals surface area contributed by atoms with E-state index in [0.717, 1.165) is 29.7 Å². The Labute approximate surface area is 132 Å². The number of sulfone groups is 1. The minimum absolute atomic E-state index is 0.0728. The van der Waals surface area contributed by atoms with Crippen LogP contribution >= 0.6 is 0 Å². The molecule has 5 nitrogen and oxygen atoms in total. The Morgan fingerprint density at radius 1 is 1.50 bits per heavy atom. The number of hydrogen-bond acceptors (Lipinski definition) is 4. The molecule has 1 aliphatic heterocycles. The number of carbonyl (C=O) groups is 1. The summed E-state index contributed by atoms with van der Waals surface area (Å²) in [7, 11) is -2.94. The highest BCUT2D eigenvalue weighted by molar-refractivity contribution is 7.91. The Balaban J connectivity index is 1.90. The molecular weight excluding hydrogens is 300 g/mol. The molecule has 0 radical (unpaired) electrons. The number of nitrogens with zero attached hydrogens (tertiary/aromatic N) is 1. The van der Waals surface area contributed by atoms with Gasteiger partial charge in [-0.05, 0) is 50.5 Å². The number of hydrazone groups is 1. The second kappa shape index (κ2) is 6.77. The molecule has 1 fully saturated rings. The summed E-state index contributed by atoms with van der Waals surface area (Å²) in [6.45, 7) is 7.99. The fraction of sp³-hybridized carbons (Fsp3) is 0.625. The second-order valence-electron chi connectivity index (χ2n) is 6.44. The molecule has 2 unspecified atom stereocenters. The first-order valence-corrected chi connectivity index (χ1v) is 9.47. The minimum atomic E-state index is -2.94. The van der Waals surface area contributed by atoms with E-state index < -0.39 is 9.84 Å². The van der Waals surface area contributed by atoms with Crippen LogP contribution in [0.15, 0.2) is 28.9 Å². The van der Waals surface area contributed by atoms with Crippen molar-refractivity contribution in [3.05, 3.63) is 23.8 Å². The van der Waals surface area contributed by atoms with Gasteiger partial charge in [0.05, 0.1) is 17.2 Å². The van der Waals surface area contributed by atoms with Crippen molar-refractivity contribution in [3.63, 3.8) is 0 Å². The van der Waals surface area contributed by atoms with E-state index in [4.69, 9.17) is 0 Å². The van der Waals surface area contributed by atoms with Crippen LogP contribution in [-0.4, -0.2) is 31.5 Å². The molecule has 0 bridgehead atoms. The molecular formula is C16H24N2O3S. The Morgan fingerprint density at radius 2 is 2.23 bits per heavy atom. The van der Waals surface area contributed by atoms with Gasteiger partial charge < -0.3 is 0 Å². The number of rotatable bonds is 4. The van der Waals surface area contributed by atoms with Crippen LogP contribution in [0, 0.1) is 11.8 Å². The van der Waals surface area contributed by atoms with E-state index in [1.54, 1.807) is 0 Å². The van der Waals surface area contributed by atoms with Crippen molar-refractivity contribution in [2.75, 3.05) is 11.5 Å². The van der Waals surface area contributed by atoms with E-state index in [0.29, 0.717) is 12.3 Å². The molecule has 1 N–H and O–H groups in total. The van der Waals surface area contributed by atoms with Crippen LogP contribution in [0.3, 0.4) is 0 Å². The topological polar surface area (TPSA) is 75.6 Å². The number of nitrogens with one attached hydrogen (secondary N) is 1. The molecule has 1 aliphatic carbocycles. The first kappa shape index (κ1) is 16.9. The molecule has 0 aromatic heterocycles. The first-order chi connectivity index (χ1) is 10.3. The molecule has 0 spiro atoms. The molecule has 2 rings (SSSR count). The maximum Gasteiger partial charge on any atom is 0.240 e. The van der Waals surface area contributed by atoms with Crippen LogP contribution in [0.2, 0.25) is 0 Å². The van der Waals surface area contributed by atoms with E-state index in [1.165, 1.54) is 0 Å². The van der Waals surface area contributed by atoms with E-state index in [2.05, 4.69) is 23.2 Å². The predicted octanol–water partition coefficient (Wildman–Crippen LogP) is 2.22. The van der Waals surface area contributed by atoms with E-state index in [-0.39, 0.29) is 29.8 Å². The van der Waals surface area contributed by atoms with Gasteiger partial charge in [-0.3, -0.25) is 4.79 Å². The number of hydrogen-bond donors (Lipinski definition) is 1. The SMILES string of the molecule is C=C(C)C1CC=C(C)/C(=N\NC(=O)CC2CCS(=O)(=O)C2)C1. The summed E-state index contributed by atoms with van der Waals surface area (Å²) in [4.78, 5) is 11.9. The van der Waals surface area contributed by atoms with Gasteiger partial charge in [-0.15, -0.1) is 0 Å². The normalized spacial score (nSPS) is 29.2. The van der Waals surface area contributed by atoms with Crippen molar-refractivity contribution in [3.8, 4) is 0 Å². The highest BCUT2D eigenvalue weighted by Crippen LogP contribution is 2.26. The van der Waals surface area contributed by atoms with Gasteiger partial charge in [0.2, 0.25) is 5.91 Å². The van der Waals surface area contributed by atoms with Crippen LogP contribution in [-0.2, 0) is 14.6 Å². The third kappa shape index (κ3) is 4.53. The summed E-state index contributed by atoms with van der Waals surface area (Å²) in [5.41, 5.74) is 5.67. The van der Waals surface area contributed by atoms with Crippen LogP contribution in [0.1, 0.15) is 39.5 Å². The van der Waals surface area contributed by atoms with Crippen molar-refractivity contribution < 1.29 is 13.2 Å². The standard InChI is InChI=1S/C16H24N2O3S/c1-11(2)14-5-4-12(3)15(9-14)17-18-16(19)8-13-6-7-22(20,21)10-13/h4,13-14H,1,5-10H2,2-3H3,(H,18,19)/b17-15-. The molecule has 22 heavy (non-hydrogen) atoms. The van der Waals surface area contributed by atoms with Crippen molar-refractivity contribution in [2.45, 2.75) is 39.5 Å². The van der Waals surface area contributed by atoms with Crippen molar-refractivity contribution >= 4 is 21.5 Å². The molecule has 0 aromatic carbocycles. The summed E-state index contributed by atoms with van der Waals surface area (Å²) in [5, 5.41) is 4.23. The molecule has 0 aromatic rings. The van der Waals surface area contributed by atoms with Crippen molar-refractivity contribution in [1.29, 1.82) is 0 Å². The zero-order valence-electron chi connectivity index (χ0n) is 13.3. The van der Waals surface area contributed by atoms with Gasteiger partial charge in [-0.25, -0.2) is 13.8 Å². The summed E-state index contributed by atoms with van der Waals surface area (Å²) < 4.78 is 22.8. The first-order valence-electron chi connectivity index (χ1n) is 7.65. The molecule has 0 saturated carbocycles. The molecule has 6 heteroatoms. The van der Waals surface area contributed by atoms with Crippen LogP contribution in [0.5, 0.6) is 0 Å². The maximum absolute atomic E-state index is 11.9. The fourth-order valence-corrected chi connectivity index (χ4v) is 4.76. The summed E-state index contributed by atoms with van der Waals surface area (Å²) in [6, 6.07) is 0. The van der Waals surface area contributed by atoms with Crippen molar-refractivity contribution in [2.24, 2.45) is 16.9 Å². The minimum Gasteiger partial charge on any atom is -0.273 e. The third-order valence-electron chi connectivity index (χ3n) is 4.42. The zero-order chi connectivity index (χ0) is 16.3. The maximum atomic E-state index is 11.9. The monoisotopic (exact) mass is 324 g/mol. The lowest BCUT2D eigenvalue weighted by Crippen LogP contribution is -2.25. The fourth-order valence-electron chi connectivity index (χ4n) is 2.89. The highest BCUT2D eigenvalue weighted by Gasteiger charge is 2.29. The van der Waals surface area contributed by atoms with Gasteiger partial charge >= 0.3 is 0 Å². The smallest absolute Gasteiger partial charge is 0.240 e. The zero-order valence-corrected chi connectivity index (χ0v) is 14.1. The summed E-state index contributed by atoms with van der Waals surface area (Å²) >= 11 is 0. The van der Waals surface area contributed by atoms with Gasteiger partial charge in [0.25, 0.3) is 0 Å². The summed E-state index contributed by atoms with van der Waals surface area (Å²) in [5.74, 6) is 0.408. The van der Waals surface area contributed by atoms with Crippen LogP contribution in [0.25, 0.3) is 0 Å². The second-order valence-corrected chi connectivity index (χ2v) is 8.67. The average molecular weight is 324 g/mol. The average Bonchev–Trinajstić information content (AvgIpc) is 2.76. The van der Waals surface area contributed by atoms with Crippen LogP contribution < -0.4 is 5.43 Å². The van der Waals surface area contributed by atoms with Crippen LogP contribution in [0.4, 0.5) is 0 Å². The lowest BCUT2D eigenvalue weighted by molar-refractivity contribution is -0.121. The molecule has 1 amide bonds. The molecule has 1 heterocycles. The van der Waals surface area contributed by atoms with Gasteiger partial charge in [0, 0.05) is 6.42 Å².